The van der Waals surface area contributed by atoms with Gasteiger partial charge in [-0.05, 0) is 42.8 Å². The van der Waals surface area contributed by atoms with Crippen LogP contribution in [0.5, 0.6) is 5.88 Å². The van der Waals surface area contributed by atoms with Crippen molar-refractivity contribution in [2.24, 2.45) is 5.73 Å². The summed E-state index contributed by atoms with van der Waals surface area (Å²) in [5, 5.41) is 16.4. The third-order valence-electron chi connectivity index (χ3n) is 4.68. The number of Topliss-reactive ketones (excluding diaryl/α,β-unsaturated/α-hetero) is 1. The summed E-state index contributed by atoms with van der Waals surface area (Å²) in [6, 6.07) is 8.90. The molecule has 1 aliphatic rings. The molecule has 2 aromatic heterocycles. The number of halogens is 1. The molecule has 30 heavy (non-hydrogen) atoms. The van der Waals surface area contributed by atoms with Gasteiger partial charge in [-0.2, -0.15) is 0 Å². The van der Waals surface area contributed by atoms with E-state index in [1.807, 2.05) is 0 Å². The molecule has 1 aliphatic heterocycles. The second-order valence-corrected chi connectivity index (χ2v) is 6.66. The lowest BCUT2D eigenvalue weighted by Crippen LogP contribution is -2.17. The highest BCUT2D eigenvalue weighted by molar-refractivity contribution is 6.00. The summed E-state index contributed by atoms with van der Waals surface area (Å²) in [4.78, 5) is 12.0. The van der Waals surface area contributed by atoms with Crippen molar-refractivity contribution in [2.45, 2.75) is 20.1 Å². The standard InChI is InChI=1S/C20H19FN6O3/c1-12(28)15(19(22)13-2-4-14(21)5-3-13)10-30-18-7-6-16(23-24-18)20-17-11-29-9-8-27(17)26-25-20/h2-7H,8-11,22H2,1H3/b19-15-. The molecule has 0 bridgehead atoms. The number of aromatic nitrogens is 5. The minimum absolute atomic E-state index is 0.0954. The molecule has 154 valence electrons. The molecule has 0 radical (unpaired) electrons. The lowest BCUT2D eigenvalue weighted by atomic mass is 10.0. The van der Waals surface area contributed by atoms with Gasteiger partial charge in [-0.15, -0.1) is 15.3 Å². The van der Waals surface area contributed by atoms with E-state index in [4.69, 9.17) is 15.2 Å². The van der Waals surface area contributed by atoms with Crippen molar-refractivity contribution in [1.29, 1.82) is 0 Å². The van der Waals surface area contributed by atoms with Crippen molar-refractivity contribution in [3.63, 3.8) is 0 Å². The van der Waals surface area contributed by atoms with Crippen LogP contribution in [0.15, 0.2) is 42.0 Å². The Morgan fingerprint density at radius 1 is 1.20 bits per heavy atom. The average Bonchev–Trinajstić information content (AvgIpc) is 3.19. The van der Waals surface area contributed by atoms with E-state index in [1.165, 1.54) is 31.2 Å². The third-order valence-corrected chi connectivity index (χ3v) is 4.68. The van der Waals surface area contributed by atoms with Crippen LogP contribution >= 0.6 is 0 Å². The summed E-state index contributed by atoms with van der Waals surface area (Å²) < 4.78 is 26.0. The second-order valence-electron chi connectivity index (χ2n) is 6.66. The molecule has 1 aromatic carbocycles. The first-order valence-corrected chi connectivity index (χ1v) is 9.25. The average molecular weight is 410 g/mol. The summed E-state index contributed by atoms with van der Waals surface area (Å²) in [7, 11) is 0. The van der Waals surface area contributed by atoms with Gasteiger partial charge in [-0.3, -0.25) is 4.79 Å². The normalized spacial score (nSPS) is 14.1. The number of nitrogens with zero attached hydrogens (tertiary/aromatic N) is 5. The van der Waals surface area contributed by atoms with E-state index in [0.717, 1.165) is 5.69 Å². The van der Waals surface area contributed by atoms with E-state index in [1.54, 1.807) is 16.8 Å². The summed E-state index contributed by atoms with van der Waals surface area (Å²) in [5.41, 5.74) is 9.12. The molecule has 2 N–H and O–H groups in total. The quantitative estimate of drug-likeness (QED) is 0.611. The number of carbonyl (C=O) groups excluding carboxylic acids is 1. The van der Waals surface area contributed by atoms with Crippen molar-refractivity contribution >= 4 is 11.5 Å². The number of hydrogen-bond acceptors (Lipinski definition) is 8. The Morgan fingerprint density at radius 2 is 2.00 bits per heavy atom. The topological polar surface area (TPSA) is 118 Å². The summed E-state index contributed by atoms with van der Waals surface area (Å²) >= 11 is 0. The molecule has 0 unspecified atom stereocenters. The van der Waals surface area contributed by atoms with E-state index >= 15 is 0 Å². The van der Waals surface area contributed by atoms with Crippen molar-refractivity contribution in [3.05, 3.63) is 59.0 Å². The molecule has 0 amide bonds. The van der Waals surface area contributed by atoms with Gasteiger partial charge >= 0.3 is 0 Å². The van der Waals surface area contributed by atoms with Gasteiger partial charge in [0.2, 0.25) is 5.88 Å². The molecule has 10 heteroatoms. The molecule has 4 rings (SSSR count). The maximum atomic E-state index is 13.1. The molecular weight excluding hydrogens is 391 g/mol. The number of fused-ring (bicyclic) bond motifs is 1. The van der Waals surface area contributed by atoms with Crippen molar-refractivity contribution in [1.82, 2.24) is 25.2 Å². The van der Waals surface area contributed by atoms with Gasteiger partial charge in [0.15, 0.2) is 5.78 Å². The fourth-order valence-corrected chi connectivity index (χ4v) is 3.02. The zero-order valence-corrected chi connectivity index (χ0v) is 16.2. The zero-order valence-electron chi connectivity index (χ0n) is 16.2. The molecule has 0 spiro atoms. The van der Waals surface area contributed by atoms with Crippen LogP contribution in [-0.4, -0.2) is 44.2 Å². The Labute approximate surface area is 171 Å². The maximum Gasteiger partial charge on any atom is 0.233 e. The lowest BCUT2D eigenvalue weighted by molar-refractivity contribution is -0.113. The zero-order chi connectivity index (χ0) is 21.1. The first-order chi connectivity index (χ1) is 14.5. The van der Waals surface area contributed by atoms with E-state index in [2.05, 4.69) is 20.5 Å². The van der Waals surface area contributed by atoms with Crippen LogP contribution in [0.1, 0.15) is 18.2 Å². The van der Waals surface area contributed by atoms with Crippen LogP contribution in [0.3, 0.4) is 0 Å². The minimum atomic E-state index is -0.386. The predicted octanol–water partition coefficient (Wildman–Crippen LogP) is 1.74. The highest BCUT2D eigenvalue weighted by Crippen LogP contribution is 2.23. The Hall–Kier alpha value is -3.66. The van der Waals surface area contributed by atoms with Crippen LogP contribution in [-0.2, 0) is 22.7 Å². The van der Waals surface area contributed by atoms with Crippen molar-refractivity contribution in [2.75, 3.05) is 13.2 Å². The lowest BCUT2D eigenvalue weighted by Gasteiger charge is -2.13. The number of nitrogens with two attached hydrogens (primary N) is 1. The molecule has 9 nitrogen and oxygen atoms in total. The van der Waals surface area contributed by atoms with E-state index in [9.17, 15) is 9.18 Å². The highest BCUT2D eigenvalue weighted by Gasteiger charge is 2.19. The Morgan fingerprint density at radius 3 is 2.70 bits per heavy atom. The molecule has 0 saturated carbocycles. The summed E-state index contributed by atoms with van der Waals surface area (Å²) in [6.45, 7) is 2.95. The van der Waals surface area contributed by atoms with Gasteiger partial charge in [-0.25, -0.2) is 9.07 Å². The van der Waals surface area contributed by atoms with E-state index in [0.29, 0.717) is 36.7 Å². The maximum absolute atomic E-state index is 13.1. The molecule has 0 saturated heterocycles. The fourth-order valence-electron chi connectivity index (χ4n) is 3.02. The number of ketones is 1. The van der Waals surface area contributed by atoms with Gasteiger partial charge in [0.25, 0.3) is 0 Å². The smallest absolute Gasteiger partial charge is 0.233 e. The SMILES string of the molecule is CC(=O)/C(COc1ccc(-c2nnn3c2COCC3)nn1)=C(\N)c1ccc(F)cc1. The van der Waals surface area contributed by atoms with Gasteiger partial charge in [0, 0.05) is 11.8 Å². The van der Waals surface area contributed by atoms with Crippen LogP contribution in [0.25, 0.3) is 17.1 Å². The first kappa shape index (κ1) is 19.6. The van der Waals surface area contributed by atoms with Crippen LogP contribution in [0.4, 0.5) is 4.39 Å². The number of carbonyl (C=O) groups is 1. The molecule has 0 fully saturated rings. The Balaban J connectivity index is 1.50. The summed E-state index contributed by atoms with van der Waals surface area (Å²) in [5.74, 6) is -0.415. The van der Waals surface area contributed by atoms with Gasteiger partial charge in [-0.1, -0.05) is 5.21 Å². The molecule has 3 aromatic rings. The van der Waals surface area contributed by atoms with Crippen LogP contribution < -0.4 is 10.5 Å². The second kappa shape index (κ2) is 8.37. The third kappa shape index (κ3) is 4.03. The van der Waals surface area contributed by atoms with Crippen LogP contribution in [0.2, 0.25) is 0 Å². The van der Waals surface area contributed by atoms with Gasteiger partial charge in [0.05, 0.1) is 31.0 Å². The number of benzene rings is 1. The minimum Gasteiger partial charge on any atom is -0.472 e. The van der Waals surface area contributed by atoms with E-state index in [-0.39, 0.29) is 35.4 Å². The van der Waals surface area contributed by atoms with Crippen molar-refractivity contribution < 1.29 is 18.7 Å². The number of hydrogen-bond donors (Lipinski definition) is 1. The molecule has 0 aliphatic carbocycles. The Bertz CT molecular complexity index is 1090. The highest BCUT2D eigenvalue weighted by atomic mass is 19.1. The Kier molecular flexibility index (Phi) is 5.48. The molecular formula is C20H19FN6O3. The number of ether oxygens (including phenoxy) is 2. The van der Waals surface area contributed by atoms with Crippen molar-refractivity contribution in [3.8, 4) is 17.3 Å². The fraction of sp³-hybridized carbons (Fsp3) is 0.250. The molecule has 3 heterocycles. The van der Waals surface area contributed by atoms with E-state index < -0.39 is 0 Å². The first-order valence-electron chi connectivity index (χ1n) is 9.25. The van der Waals surface area contributed by atoms with Crippen LogP contribution in [0, 0.1) is 5.82 Å². The van der Waals surface area contributed by atoms with Gasteiger partial charge < -0.3 is 15.2 Å². The molecule has 0 atom stereocenters. The number of rotatable bonds is 6. The largest absolute Gasteiger partial charge is 0.472 e. The summed E-state index contributed by atoms with van der Waals surface area (Å²) in [6.07, 6.45) is 0. The predicted molar refractivity (Wildman–Crippen MR) is 104 cm³/mol. The van der Waals surface area contributed by atoms with Gasteiger partial charge in [0.1, 0.15) is 23.8 Å². The monoisotopic (exact) mass is 410 g/mol.